The molecule has 2 aromatic rings. The van der Waals surface area contributed by atoms with E-state index in [4.69, 9.17) is 5.73 Å². The monoisotopic (exact) mass is 365 g/mol. The van der Waals surface area contributed by atoms with Gasteiger partial charge in [0, 0.05) is 34.2 Å². The average molecular weight is 366 g/mol. The fourth-order valence-electron chi connectivity index (χ4n) is 2.35. The minimum atomic E-state index is 0.513. The molecule has 1 aromatic heterocycles. The fourth-order valence-corrected chi connectivity index (χ4v) is 3.25. The molecule has 1 fully saturated rings. The molecule has 3 N–H and O–H groups in total. The summed E-state index contributed by atoms with van der Waals surface area (Å²) in [5.41, 5.74) is 10.8. The Morgan fingerprint density at radius 3 is 2.90 bits per heavy atom. The van der Waals surface area contributed by atoms with Gasteiger partial charge < -0.3 is 10.6 Å². The Labute approximate surface area is 136 Å². The van der Waals surface area contributed by atoms with Crippen molar-refractivity contribution < 1.29 is 0 Å². The molecule has 0 amide bonds. The number of nitrogens with two attached hydrogens (primary N) is 1. The summed E-state index contributed by atoms with van der Waals surface area (Å²) < 4.78 is 1.09. The number of hydrazone groups is 1. The van der Waals surface area contributed by atoms with Crippen molar-refractivity contribution in [2.24, 2.45) is 5.10 Å². The third-order valence-electron chi connectivity index (χ3n) is 3.33. The highest BCUT2D eigenvalue weighted by atomic mass is 79.9. The quantitative estimate of drug-likeness (QED) is 0.642. The van der Waals surface area contributed by atoms with Gasteiger partial charge in [0.15, 0.2) is 0 Å². The van der Waals surface area contributed by atoms with Crippen molar-refractivity contribution in [1.29, 1.82) is 0 Å². The van der Waals surface area contributed by atoms with Crippen LogP contribution in [0.2, 0.25) is 0 Å². The van der Waals surface area contributed by atoms with Crippen molar-refractivity contribution in [1.82, 2.24) is 4.98 Å². The number of thiazole rings is 1. The van der Waals surface area contributed by atoms with Crippen LogP contribution in [-0.4, -0.2) is 24.3 Å². The Morgan fingerprint density at radius 2 is 2.19 bits per heavy atom. The maximum absolute atomic E-state index is 5.58. The van der Waals surface area contributed by atoms with E-state index in [1.807, 2.05) is 12.3 Å². The van der Waals surface area contributed by atoms with E-state index in [1.165, 1.54) is 29.9 Å². The van der Waals surface area contributed by atoms with E-state index in [1.54, 1.807) is 5.38 Å². The molecule has 5 nitrogen and oxygen atoms in total. The predicted octanol–water partition coefficient (Wildman–Crippen LogP) is 3.53. The number of rotatable bonds is 4. The zero-order chi connectivity index (χ0) is 14.7. The lowest BCUT2D eigenvalue weighted by Crippen LogP contribution is -2.19. The summed E-state index contributed by atoms with van der Waals surface area (Å²) in [6.45, 7) is 2.21. The Bertz CT molecular complexity index is 649. The zero-order valence-electron chi connectivity index (χ0n) is 11.4. The first-order chi connectivity index (χ1) is 10.2. The first kappa shape index (κ1) is 14.3. The molecule has 3 rings (SSSR count). The second kappa shape index (κ2) is 6.44. The number of hydrogen-bond donors (Lipinski definition) is 2. The van der Waals surface area contributed by atoms with Crippen molar-refractivity contribution in [2.75, 3.05) is 29.1 Å². The lowest BCUT2D eigenvalue weighted by atomic mass is 10.2. The molecule has 0 bridgehead atoms. The van der Waals surface area contributed by atoms with Crippen molar-refractivity contribution >= 4 is 50.1 Å². The standard InChI is InChI=1S/C14H16BrN5S/c15-11-4-3-10(12(7-11)20-5-1-2-6-20)8-17-19-14-18-13(16)9-21-14/h3-4,7-9H,1-2,5-6,16H2,(H,18,19). The number of aromatic nitrogens is 1. The molecule has 0 spiro atoms. The van der Waals surface area contributed by atoms with Crippen LogP contribution in [0.1, 0.15) is 18.4 Å². The van der Waals surface area contributed by atoms with Gasteiger partial charge in [-0.2, -0.15) is 5.10 Å². The van der Waals surface area contributed by atoms with E-state index >= 15 is 0 Å². The van der Waals surface area contributed by atoms with Gasteiger partial charge in [0.1, 0.15) is 5.82 Å². The predicted molar refractivity (Wildman–Crippen MR) is 93.3 cm³/mol. The number of benzene rings is 1. The first-order valence-corrected chi connectivity index (χ1v) is 8.44. The molecule has 2 heterocycles. The summed E-state index contributed by atoms with van der Waals surface area (Å²) in [6, 6.07) is 6.25. The van der Waals surface area contributed by atoms with E-state index in [2.05, 4.69) is 48.5 Å². The molecule has 0 saturated carbocycles. The van der Waals surface area contributed by atoms with Crippen LogP contribution in [0, 0.1) is 0 Å². The van der Waals surface area contributed by atoms with E-state index in [-0.39, 0.29) is 0 Å². The van der Waals surface area contributed by atoms with Gasteiger partial charge >= 0.3 is 0 Å². The highest BCUT2D eigenvalue weighted by Crippen LogP contribution is 2.27. The minimum absolute atomic E-state index is 0.513. The highest BCUT2D eigenvalue weighted by Gasteiger charge is 2.15. The van der Waals surface area contributed by atoms with E-state index in [0.29, 0.717) is 10.9 Å². The Kier molecular flexibility index (Phi) is 4.40. The number of halogens is 1. The normalized spacial score (nSPS) is 15.0. The Hall–Kier alpha value is -1.60. The third-order valence-corrected chi connectivity index (χ3v) is 4.58. The molecular weight excluding hydrogens is 350 g/mol. The van der Waals surface area contributed by atoms with Crippen LogP contribution in [0.25, 0.3) is 0 Å². The number of anilines is 3. The van der Waals surface area contributed by atoms with Gasteiger partial charge in [-0.25, -0.2) is 4.98 Å². The molecule has 1 aliphatic rings. The van der Waals surface area contributed by atoms with Crippen LogP contribution in [-0.2, 0) is 0 Å². The van der Waals surface area contributed by atoms with Gasteiger partial charge in [0.2, 0.25) is 5.13 Å². The molecule has 1 aromatic carbocycles. The summed E-state index contributed by atoms with van der Waals surface area (Å²) in [5.74, 6) is 0.513. The molecule has 7 heteroatoms. The summed E-state index contributed by atoms with van der Waals surface area (Å²) in [7, 11) is 0. The van der Waals surface area contributed by atoms with Gasteiger partial charge in [0.25, 0.3) is 0 Å². The first-order valence-electron chi connectivity index (χ1n) is 6.77. The summed E-state index contributed by atoms with van der Waals surface area (Å²) in [5, 5.41) is 6.74. The second-order valence-corrected chi connectivity index (χ2v) is 6.62. The summed E-state index contributed by atoms with van der Waals surface area (Å²) in [4.78, 5) is 6.51. The lowest BCUT2D eigenvalue weighted by molar-refractivity contribution is 0.949. The van der Waals surface area contributed by atoms with Crippen LogP contribution >= 0.6 is 27.3 Å². The maximum Gasteiger partial charge on any atom is 0.205 e. The molecule has 0 radical (unpaired) electrons. The molecule has 0 unspecified atom stereocenters. The van der Waals surface area contributed by atoms with Crippen molar-refractivity contribution in [3.05, 3.63) is 33.6 Å². The Balaban J connectivity index is 1.77. The number of nitrogens with one attached hydrogen (secondary N) is 1. The lowest BCUT2D eigenvalue weighted by Gasteiger charge is -2.20. The van der Waals surface area contributed by atoms with Crippen LogP contribution < -0.4 is 16.1 Å². The van der Waals surface area contributed by atoms with Gasteiger partial charge in [-0.1, -0.05) is 22.0 Å². The molecule has 110 valence electrons. The van der Waals surface area contributed by atoms with Crippen LogP contribution in [0.4, 0.5) is 16.6 Å². The smallest absolute Gasteiger partial charge is 0.205 e. The average Bonchev–Trinajstić information content (AvgIpc) is 3.12. The summed E-state index contributed by atoms with van der Waals surface area (Å²) in [6.07, 6.45) is 4.33. The van der Waals surface area contributed by atoms with Gasteiger partial charge in [0.05, 0.1) is 6.21 Å². The largest absolute Gasteiger partial charge is 0.383 e. The molecule has 1 aliphatic heterocycles. The highest BCUT2D eigenvalue weighted by molar-refractivity contribution is 9.10. The second-order valence-electron chi connectivity index (χ2n) is 4.84. The van der Waals surface area contributed by atoms with E-state index in [9.17, 15) is 0 Å². The van der Waals surface area contributed by atoms with Crippen LogP contribution in [0.5, 0.6) is 0 Å². The SMILES string of the molecule is Nc1csc(NN=Cc2ccc(Br)cc2N2CCCC2)n1. The van der Waals surface area contributed by atoms with Crippen LogP contribution in [0.15, 0.2) is 33.2 Å². The molecule has 21 heavy (non-hydrogen) atoms. The van der Waals surface area contributed by atoms with Gasteiger partial charge in [-0.3, -0.25) is 5.43 Å². The topological polar surface area (TPSA) is 66.5 Å². The zero-order valence-corrected chi connectivity index (χ0v) is 13.8. The van der Waals surface area contributed by atoms with E-state index < -0.39 is 0 Å². The van der Waals surface area contributed by atoms with Crippen molar-refractivity contribution in [3.63, 3.8) is 0 Å². The molecule has 0 atom stereocenters. The van der Waals surface area contributed by atoms with E-state index in [0.717, 1.165) is 23.1 Å². The maximum atomic E-state index is 5.58. The third kappa shape index (κ3) is 3.54. The van der Waals surface area contributed by atoms with Gasteiger partial charge in [-0.15, -0.1) is 11.3 Å². The number of nitrogen functional groups attached to an aromatic ring is 1. The van der Waals surface area contributed by atoms with Crippen molar-refractivity contribution in [2.45, 2.75) is 12.8 Å². The number of nitrogens with zero attached hydrogens (tertiary/aromatic N) is 3. The molecule has 1 saturated heterocycles. The molecular formula is C14H16BrN5S. The van der Waals surface area contributed by atoms with Crippen molar-refractivity contribution in [3.8, 4) is 0 Å². The minimum Gasteiger partial charge on any atom is -0.383 e. The van der Waals surface area contributed by atoms with Gasteiger partial charge in [-0.05, 0) is 25.0 Å². The number of hydrogen-bond acceptors (Lipinski definition) is 6. The Morgan fingerprint density at radius 1 is 1.38 bits per heavy atom. The fraction of sp³-hybridized carbons (Fsp3) is 0.286. The van der Waals surface area contributed by atoms with Crippen LogP contribution in [0.3, 0.4) is 0 Å². The molecule has 0 aliphatic carbocycles. The summed E-state index contributed by atoms with van der Waals surface area (Å²) >= 11 is 4.98.